The smallest absolute Gasteiger partial charge is 0.266 e. The van der Waals surface area contributed by atoms with Gasteiger partial charge in [0.25, 0.3) is 5.56 Å². The number of piperazine rings is 1. The molecule has 1 N–H and O–H groups in total. The van der Waals surface area contributed by atoms with Crippen LogP contribution in [0.25, 0.3) is 0 Å². The maximum Gasteiger partial charge on any atom is 0.266 e. The van der Waals surface area contributed by atoms with Crippen LogP contribution in [0.3, 0.4) is 0 Å². The van der Waals surface area contributed by atoms with Crippen LogP contribution in [0, 0.1) is 39.0 Å². The zero-order valence-electron chi connectivity index (χ0n) is 18.0. The molecule has 11 heteroatoms. The molecule has 0 atom stereocenters. The van der Waals surface area contributed by atoms with Crippen LogP contribution in [0.15, 0.2) is 14.2 Å². The van der Waals surface area contributed by atoms with Crippen molar-refractivity contribution in [2.45, 2.75) is 45.4 Å². The number of amides is 1. The summed E-state index contributed by atoms with van der Waals surface area (Å²) < 4.78 is 32.1. The van der Waals surface area contributed by atoms with Crippen LogP contribution in [-0.4, -0.2) is 59.8 Å². The molecule has 0 unspecified atom stereocenters. The quantitative estimate of drug-likeness (QED) is 0.719. The Morgan fingerprint density at radius 3 is 2.39 bits per heavy atom. The lowest BCUT2D eigenvalue weighted by Gasteiger charge is -2.34. The first-order valence-corrected chi connectivity index (χ1v) is 11.3. The van der Waals surface area contributed by atoms with Gasteiger partial charge in [-0.25, -0.2) is 8.42 Å². The van der Waals surface area contributed by atoms with Gasteiger partial charge >= 0.3 is 0 Å². The molecule has 1 fully saturated rings. The number of pyridine rings is 1. The lowest BCUT2D eigenvalue weighted by Crippen LogP contribution is -2.50. The highest BCUT2D eigenvalue weighted by molar-refractivity contribution is 7.89. The lowest BCUT2D eigenvalue weighted by atomic mass is 9.99. The number of sulfonamides is 1. The van der Waals surface area contributed by atoms with Crippen molar-refractivity contribution in [2.24, 2.45) is 0 Å². The second-order valence-corrected chi connectivity index (χ2v) is 9.48. The lowest BCUT2D eigenvalue weighted by molar-refractivity contribution is -0.132. The van der Waals surface area contributed by atoms with Gasteiger partial charge < -0.3 is 14.4 Å². The molecule has 2 aromatic rings. The molecule has 1 amide bonds. The summed E-state index contributed by atoms with van der Waals surface area (Å²) in [4.78, 5) is 28.9. The van der Waals surface area contributed by atoms with Crippen LogP contribution >= 0.6 is 0 Å². The fourth-order valence-electron chi connectivity index (χ4n) is 3.96. The Hall–Kier alpha value is -2.97. The number of aromatic nitrogens is 2. The first kappa shape index (κ1) is 22.7. The normalized spacial score (nSPS) is 15.1. The Kier molecular flexibility index (Phi) is 6.33. The minimum absolute atomic E-state index is 0.0613. The van der Waals surface area contributed by atoms with Gasteiger partial charge in [0.1, 0.15) is 22.2 Å². The van der Waals surface area contributed by atoms with E-state index in [0.717, 1.165) is 5.56 Å². The molecule has 0 spiro atoms. The number of hydrogen-bond donors (Lipinski definition) is 1. The third-order valence-electron chi connectivity index (χ3n) is 5.67. The number of nitrogens with zero attached hydrogens (tertiary/aromatic N) is 4. The maximum atomic E-state index is 12.9. The van der Waals surface area contributed by atoms with Crippen molar-refractivity contribution in [3.05, 3.63) is 44.2 Å². The van der Waals surface area contributed by atoms with Gasteiger partial charge in [-0.2, -0.15) is 9.57 Å². The van der Waals surface area contributed by atoms with E-state index in [4.69, 9.17) is 4.52 Å². The summed E-state index contributed by atoms with van der Waals surface area (Å²) in [7, 11) is -3.73. The Morgan fingerprint density at radius 2 is 1.84 bits per heavy atom. The Bertz CT molecular complexity index is 1190. The van der Waals surface area contributed by atoms with Gasteiger partial charge in [0.2, 0.25) is 15.9 Å². The van der Waals surface area contributed by atoms with Gasteiger partial charge in [-0.1, -0.05) is 5.16 Å². The van der Waals surface area contributed by atoms with Crippen molar-refractivity contribution in [2.75, 3.05) is 26.2 Å². The molecule has 1 aliphatic heterocycles. The molecular formula is C20H25N5O5S. The summed E-state index contributed by atoms with van der Waals surface area (Å²) in [6.07, 6.45) is 0.592. The minimum Gasteiger partial charge on any atom is -0.360 e. The van der Waals surface area contributed by atoms with Crippen LogP contribution in [0.2, 0.25) is 0 Å². The van der Waals surface area contributed by atoms with Gasteiger partial charge in [0.15, 0.2) is 5.76 Å². The number of rotatable bonds is 5. The van der Waals surface area contributed by atoms with E-state index in [0.29, 0.717) is 23.4 Å². The fraction of sp³-hybridized carbons (Fsp3) is 0.500. The number of carbonyl (C=O) groups is 1. The van der Waals surface area contributed by atoms with E-state index in [1.807, 2.05) is 6.07 Å². The van der Waals surface area contributed by atoms with Crippen molar-refractivity contribution in [3.63, 3.8) is 0 Å². The van der Waals surface area contributed by atoms with Crippen molar-refractivity contribution in [1.82, 2.24) is 19.3 Å². The molecule has 0 saturated carbocycles. The molecule has 0 aliphatic carbocycles. The maximum absolute atomic E-state index is 12.9. The number of aromatic amines is 1. The van der Waals surface area contributed by atoms with Crippen LogP contribution in [0.1, 0.15) is 40.3 Å². The molecule has 1 aliphatic rings. The van der Waals surface area contributed by atoms with Gasteiger partial charge in [0, 0.05) is 38.3 Å². The van der Waals surface area contributed by atoms with Crippen molar-refractivity contribution in [3.8, 4) is 6.07 Å². The number of aryl methyl sites for hydroxylation is 3. The van der Waals surface area contributed by atoms with Gasteiger partial charge in [-0.3, -0.25) is 9.59 Å². The Balaban J connectivity index is 1.64. The van der Waals surface area contributed by atoms with Gasteiger partial charge in [-0.05, 0) is 45.2 Å². The number of hydrogen-bond acceptors (Lipinski definition) is 7. The summed E-state index contributed by atoms with van der Waals surface area (Å²) in [5.74, 6) is 0.150. The predicted molar refractivity (Wildman–Crippen MR) is 111 cm³/mol. The summed E-state index contributed by atoms with van der Waals surface area (Å²) in [5, 5.41) is 12.9. The average Bonchev–Trinajstić information content (AvgIpc) is 3.06. The molecule has 166 valence electrons. The van der Waals surface area contributed by atoms with Crippen LogP contribution in [0.5, 0.6) is 0 Å². The first-order chi connectivity index (χ1) is 14.6. The zero-order valence-corrected chi connectivity index (χ0v) is 18.8. The SMILES string of the molecule is Cc1noc(C)c1S(=O)(=O)N1CCN(C(=O)CCc2c(C)[nH]c(=O)c(C#N)c2C)CC1. The number of H-pyrrole nitrogens is 1. The van der Waals surface area contributed by atoms with E-state index >= 15 is 0 Å². The Labute approximate surface area is 180 Å². The van der Waals surface area contributed by atoms with Crippen molar-refractivity contribution >= 4 is 15.9 Å². The molecule has 0 bridgehead atoms. The van der Waals surface area contributed by atoms with E-state index in [1.54, 1.807) is 32.6 Å². The topological polar surface area (TPSA) is 140 Å². The predicted octanol–water partition coefficient (Wildman–Crippen LogP) is 0.934. The third-order valence-corrected chi connectivity index (χ3v) is 7.81. The van der Waals surface area contributed by atoms with Crippen molar-refractivity contribution in [1.29, 1.82) is 5.26 Å². The zero-order chi connectivity index (χ0) is 22.9. The molecule has 31 heavy (non-hydrogen) atoms. The van der Waals surface area contributed by atoms with E-state index in [1.165, 1.54) is 4.31 Å². The molecule has 2 aromatic heterocycles. The highest BCUT2D eigenvalue weighted by Gasteiger charge is 2.34. The molecule has 0 aromatic carbocycles. The van der Waals surface area contributed by atoms with Gasteiger partial charge in [-0.15, -0.1) is 0 Å². The highest BCUT2D eigenvalue weighted by atomic mass is 32.2. The summed E-state index contributed by atoms with van der Waals surface area (Å²) >= 11 is 0. The van der Waals surface area contributed by atoms with E-state index in [2.05, 4.69) is 10.1 Å². The third kappa shape index (κ3) is 4.26. The minimum atomic E-state index is -3.73. The van der Waals surface area contributed by atoms with Crippen LogP contribution in [-0.2, 0) is 21.2 Å². The molecule has 1 saturated heterocycles. The van der Waals surface area contributed by atoms with E-state index in [9.17, 15) is 23.3 Å². The second kappa shape index (κ2) is 8.64. The standard InChI is InChI=1S/C20H25N5O5S/c1-12-16(13(2)22-20(27)17(12)11-21)5-6-18(26)24-7-9-25(10-8-24)31(28,29)19-14(3)23-30-15(19)4/h5-10H2,1-4H3,(H,22,27). The van der Waals surface area contributed by atoms with E-state index < -0.39 is 15.6 Å². The first-order valence-electron chi connectivity index (χ1n) is 9.91. The Morgan fingerprint density at radius 1 is 1.19 bits per heavy atom. The molecule has 3 heterocycles. The van der Waals surface area contributed by atoms with Crippen LogP contribution < -0.4 is 5.56 Å². The number of carbonyl (C=O) groups excluding carboxylic acids is 1. The van der Waals surface area contributed by atoms with E-state index in [-0.39, 0.29) is 54.7 Å². The summed E-state index contributed by atoms with van der Waals surface area (Å²) in [6.45, 7) is 7.54. The van der Waals surface area contributed by atoms with Crippen LogP contribution in [0.4, 0.5) is 0 Å². The molecule has 0 radical (unpaired) electrons. The summed E-state index contributed by atoms with van der Waals surface area (Å²) in [6, 6.07) is 1.91. The largest absolute Gasteiger partial charge is 0.360 e. The molecule has 10 nitrogen and oxygen atoms in total. The average molecular weight is 448 g/mol. The number of nitriles is 1. The van der Waals surface area contributed by atoms with Crippen molar-refractivity contribution < 1.29 is 17.7 Å². The fourth-order valence-corrected chi connectivity index (χ4v) is 5.67. The van der Waals surface area contributed by atoms with Gasteiger partial charge in [0.05, 0.1) is 0 Å². The molecular weight excluding hydrogens is 422 g/mol. The number of nitrogens with one attached hydrogen (secondary N) is 1. The second-order valence-electron chi connectivity index (χ2n) is 7.61. The highest BCUT2D eigenvalue weighted by Crippen LogP contribution is 2.24. The summed E-state index contributed by atoms with van der Waals surface area (Å²) in [5.41, 5.74) is 1.97. The monoisotopic (exact) mass is 447 g/mol. The molecule has 3 rings (SSSR count).